The van der Waals surface area contributed by atoms with Crippen LogP contribution in [0, 0.1) is 6.92 Å². The Morgan fingerprint density at radius 2 is 2.17 bits per heavy atom. The molecule has 0 spiro atoms. The lowest BCUT2D eigenvalue weighted by Gasteiger charge is -2.07. The Kier molecular flexibility index (Phi) is 3.94. The Bertz CT molecular complexity index is 612. The molecule has 1 amide bonds. The number of hydrogen-bond donors (Lipinski definition) is 2. The first kappa shape index (κ1) is 13.4. The smallest absolute Gasteiger partial charge is 0.257 e. The minimum Gasteiger partial charge on any atom is -0.506 e. The lowest BCUT2D eigenvalue weighted by molar-refractivity contribution is 0.102. The van der Waals surface area contributed by atoms with Crippen molar-refractivity contribution in [3.63, 3.8) is 0 Å². The molecule has 0 aliphatic rings. The number of nitrogens with one attached hydrogen (secondary N) is 1. The zero-order valence-electron chi connectivity index (χ0n) is 9.33. The molecule has 2 N–H and O–H groups in total. The summed E-state index contributed by atoms with van der Waals surface area (Å²) in [7, 11) is 0. The maximum atomic E-state index is 12.0. The number of rotatable bonds is 2. The molecule has 1 heterocycles. The Morgan fingerprint density at radius 3 is 2.78 bits per heavy atom. The third-order valence-corrected chi connectivity index (χ3v) is 4.25. The molecule has 0 radical (unpaired) electrons. The second-order valence-corrected chi connectivity index (χ2v) is 6.67. The summed E-state index contributed by atoms with van der Waals surface area (Å²) in [5, 5.41) is 12.7. The van der Waals surface area contributed by atoms with Crippen molar-refractivity contribution in [3.8, 4) is 5.75 Å². The fraction of sp³-hybridized carbons (Fsp3) is 0.0833. The molecule has 0 bridgehead atoms. The Hall–Kier alpha value is -1.04. The van der Waals surface area contributed by atoms with Crippen molar-refractivity contribution in [1.82, 2.24) is 0 Å². The van der Waals surface area contributed by atoms with Gasteiger partial charge in [-0.3, -0.25) is 4.79 Å². The van der Waals surface area contributed by atoms with Crippen LogP contribution in [-0.4, -0.2) is 11.0 Å². The molecule has 0 fully saturated rings. The molecule has 0 aliphatic heterocycles. The van der Waals surface area contributed by atoms with Crippen LogP contribution in [0.1, 0.15) is 15.2 Å². The topological polar surface area (TPSA) is 49.3 Å². The Balaban J connectivity index is 2.26. The second-order valence-electron chi connectivity index (χ2n) is 3.66. The molecule has 18 heavy (non-hydrogen) atoms. The molecule has 0 unspecified atom stereocenters. The highest BCUT2D eigenvalue weighted by atomic mass is 79.9. The Morgan fingerprint density at radius 1 is 1.44 bits per heavy atom. The predicted molar refractivity (Wildman–Crippen MR) is 77.8 cm³/mol. The van der Waals surface area contributed by atoms with E-state index < -0.39 is 0 Å². The van der Waals surface area contributed by atoms with Gasteiger partial charge >= 0.3 is 0 Å². The van der Waals surface area contributed by atoms with Gasteiger partial charge in [-0.05, 0) is 47.1 Å². The number of halogens is 2. The fourth-order valence-electron chi connectivity index (χ4n) is 1.44. The van der Waals surface area contributed by atoms with Gasteiger partial charge in [0.15, 0.2) is 0 Å². The van der Waals surface area contributed by atoms with Crippen LogP contribution in [0.5, 0.6) is 5.75 Å². The second kappa shape index (κ2) is 5.30. The predicted octanol–water partition coefficient (Wildman–Crippen LogP) is 4.43. The van der Waals surface area contributed by atoms with Gasteiger partial charge in [-0.15, -0.1) is 11.3 Å². The van der Waals surface area contributed by atoms with Crippen molar-refractivity contribution in [1.29, 1.82) is 0 Å². The van der Waals surface area contributed by atoms with Gasteiger partial charge < -0.3 is 10.4 Å². The van der Waals surface area contributed by atoms with Gasteiger partial charge in [0.1, 0.15) is 5.75 Å². The maximum Gasteiger partial charge on any atom is 0.257 e. The van der Waals surface area contributed by atoms with Crippen LogP contribution in [0.25, 0.3) is 0 Å². The molecule has 0 atom stereocenters. The molecule has 2 rings (SSSR count). The summed E-state index contributed by atoms with van der Waals surface area (Å²) in [6.45, 7) is 1.92. The van der Waals surface area contributed by atoms with Crippen LogP contribution >= 0.6 is 38.9 Å². The number of phenols is 1. The molecular formula is C12H9BrClNO2S. The third-order valence-electron chi connectivity index (χ3n) is 2.26. The lowest BCUT2D eigenvalue weighted by atomic mass is 10.2. The summed E-state index contributed by atoms with van der Waals surface area (Å²) in [5.41, 5.74) is 0.833. The quantitative estimate of drug-likeness (QED) is 0.790. The summed E-state index contributed by atoms with van der Waals surface area (Å²) >= 11 is 10.6. The van der Waals surface area contributed by atoms with Crippen molar-refractivity contribution >= 4 is 50.5 Å². The number of amides is 1. The van der Waals surface area contributed by atoms with Crippen molar-refractivity contribution in [2.75, 3.05) is 5.32 Å². The number of anilines is 1. The first-order chi connectivity index (χ1) is 8.47. The number of aromatic hydroxyl groups is 1. The molecule has 0 saturated carbocycles. The molecule has 1 aromatic carbocycles. The highest BCUT2D eigenvalue weighted by molar-refractivity contribution is 9.11. The van der Waals surface area contributed by atoms with Gasteiger partial charge in [0, 0.05) is 9.90 Å². The van der Waals surface area contributed by atoms with E-state index in [2.05, 4.69) is 21.2 Å². The van der Waals surface area contributed by atoms with E-state index in [1.165, 1.54) is 23.5 Å². The molecule has 1 aromatic heterocycles. The summed E-state index contributed by atoms with van der Waals surface area (Å²) in [6.07, 6.45) is 0. The van der Waals surface area contributed by atoms with E-state index >= 15 is 0 Å². The number of benzene rings is 1. The SMILES string of the molecule is Cc1cc(C(=O)Nc2cc(Cl)ccc2O)c(Br)s1. The molecule has 2 aromatic rings. The lowest BCUT2D eigenvalue weighted by Crippen LogP contribution is -2.11. The van der Waals surface area contributed by atoms with Gasteiger partial charge in [0.2, 0.25) is 0 Å². The summed E-state index contributed by atoms with van der Waals surface area (Å²) < 4.78 is 0.763. The van der Waals surface area contributed by atoms with Gasteiger partial charge in [0.05, 0.1) is 15.0 Å². The van der Waals surface area contributed by atoms with E-state index in [1.807, 2.05) is 6.92 Å². The minimum atomic E-state index is -0.288. The largest absolute Gasteiger partial charge is 0.506 e. The van der Waals surface area contributed by atoms with Crippen molar-refractivity contribution in [2.24, 2.45) is 0 Å². The number of hydrogen-bond acceptors (Lipinski definition) is 3. The molecule has 0 saturated heterocycles. The van der Waals surface area contributed by atoms with Gasteiger partial charge in [-0.2, -0.15) is 0 Å². The molecule has 0 aliphatic carbocycles. The first-order valence-electron chi connectivity index (χ1n) is 5.03. The van der Waals surface area contributed by atoms with Crippen LogP contribution in [-0.2, 0) is 0 Å². The number of carbonyl (C=O) groups is 1. The van der Waals surface area contributed by atoms with E-state index in [0.717, 1.165) is 8.66 Å². The van der Waals surface area contributed by atoms with Crippen LogP contribution < -0.4 is 5.32 Å². The monoisotopic (exact) mass is 345 g/mol. The Labute approximate surface area is 122 Å². The van der Waals surface area contributed by atoms with E-state index in [-0.39, 0.29) is 11.7 Å². The van der Waals surface area contributed by atoms with Gasteiger partial charge in [-0.25, -0.2) is 0 Å². The van der Waals surface area contributed by atoms with Crippen molar-refractivity contribution < 1.29 is 9.90 Å². The highest BCUT2D eigenvalue weighted by Crippen LogP contribution is 2.30. The molecule has 94 valence electrons. The standard InChI is InChI=1S/C12H9BrClNO2S/c1-6-4-8(11(13)18-6)12(17)15-9-5-7(14)2-3-10(9)16/h2-5,16H,1H3,(H,15,17). The van der Waals surface area contributed by atoms with Gasteiger partial charge in [-0.1, -0.05) is 11.6 Å². The number of aryl methyl sites for hydroxylation is 1. The highest BCUT2D eigenvalue weighted by Gasteiger charge is 2.14. The van der Waals surface area contributed by atoms with E-state index in [1.54, 1.807) is 12.1 Å². The average molecular weight is 347 g/mol. The van der Waals surface area contributed by atoms with Crippen LogP contribution in [0.2, 0.25) is 5.02 Å². The van der Waals surface area contributed by atoms with Crippen LogP contribution in [0.15, 0.2) is 28.1 Å². The fourth-order valence-corrected chi connectivity index (χ4v) is 3.39. The van der Waals surface area contributed by atoms with E-state index in [0.29, 0.717) is 16.3 Å². The van der Waals surface area contributed by atoms with Crippen molar-refractivity contribution in [2.45, 2.75) is 6.92 Å². The first-order valence-corrected chi connectivity index (χ1v) is 7.02. The van der Waals surface area contributed by atoms with Crippen LogP contribution in [0.3, 0.4) is 0 Å². The maximum absolute atomic E-state index is 12.0. The molecule has 6 heteroatoms. The van der Waals surface area contributed by atoms with Gasteiger partial charge in [0.25, 0.3) is 5.91 Å². The normalized spacial score (nSPS) is 10.4. The average Bonchev–Trinajstić information content (AvgIpc) is 2.63. The van der Waals surface area contributed by atoms with Crippen molar-refractivity contribution in [3.05, 3.63) is 43.5 Å². The van der Waals surface area contributed by atoms with E-state index in [9.17, 15) is 9.90 Å². The minimum absolute atomic E-state index is 0.0178. The number of carbonyl (C=O) groups excluding carboxylic acids is 1. The number of phenolic OH excluding ortho intramolecular Hbond substituents is 1. The molecule has 3 nitrogen and oxygen atoms in total. The summed E-state index contributed by atoms with van der Waals surface area (Å²) in [5.74, 6) is -0.306. The zero-order valence-corrected chi connectivity index (χ0v) is 12.5. The molecular weight excluding hydrogens is 338 g/mol. The van der Waals surface area contributed by atoms with Crippen LogP contribution in [0.4, 0.5) is 5.69 Å². The number of thiophene rings is 1. The summed E-state index contributed by atoms with van der Waals surface area (Å²) in [4.78, 5) is 13.1. The third kappa shape index (κ3) is 2.85. The van der Waals surface area contributed by atoms with E-state index in [4.69, 9.17) is 11.6 Å². The summed E-state index contributed by atoms with van der Waals surface area (Å²) in [6, 6.07) is 6.27. The zero-order chi connectivity index (χ0) is 13.3.